The summed E-state index contributed by atoms with van der Waals surface area (Å²) in [4.78, 5) is 3.80. The van der Waals surface area contributed by atoms with Gasteiger partial charge in [-0.1, -0.05) is 13.8 Å². The summed E-state index contributed by atoms with van der Waals surface area (Å²) in [5.74, 6) is 0.874. The first kappa shape index (κ1) is 11.7. The molecule has 0 N–H and O–H groups in total. The first-order valence-corrected chi connectivity index (χ1v) is 5.09. The molecule has 0 radical (unpaired) electrons. The lowest BCUT2D eigenvalue weighted by Crippen LogP contribution is -2.08. The van der Waals surface area contributed by atoms with Crippen LogP contribution >= 0.6 is 0 Å². The van der Waals surface area contributed by atoms with Crippen LogP contribution in [0.15, 0.2) is 6.33 Å². The third-order valence-electron chi connectivity index (χ3n) is 1.94. The molecule has 5 heteroatoms. The van der Waals surface area contributed by atoms with Gasteiger partial charge in [-0.3, -0.25) is 0 Å². The van der Waals surface area contributed by atoms with Crippen molar-refractivity contribution in [3.8, 4) is 6.07 Å². The van der Waals surface area contributed by atoms with E-state index in [2.05, 4.69) is 23.9 Å². The monoisotopic (exact) mass is 208 g/mol. The maximum atomic E-state index is 8.50. The van der Waals surface area contributed by atoms with Crippen LogP contribution in [0.3, 0.4) is 0 Å². The van der Waals surface area contributed by atoms with E-state index in [0.717, 1.165) is 13.0 Å². The Bertz CT molecular complexity index is 326. The lowest BCUT2D eigenvalue weighted by molar-refractivity contribution is 0.114. The molecule has 0 amide bonds. The van der Waals surface area contributed by atoms with Gasteiger partial charge in [0.1, 0.15) is 12.4 Å². The van der Waals surface area contributed by atoms with Crippen LogP contribution in [0, 0.1) is 17.2 Å². The van der Waals surface area contributed by atoms with Crippen molar-refractivity contribution in [2.45, 2.75) is 26.8 Å². The Hall–Kier alpha value is -1.41. The molecule has 0 aliphatic rings. The predicted octanol–water partition coefficient (Wildman–Crippen LogP) is 1.21. The van der Waals surface area contributed by atoms with Crippen molar-refractivity contribution in [3.05, 3.63) is 12.2 Å². The highest BCUT2D eigenvalue weighted by atomic mass is 16.5. The van der Waals surface area contributed by atoms with Crippen LogP contribution in [0.2, 0.25) is 0 Å². The van der Waals surface area contributed by atoms with E-state index in [9.17, 15) is 0 Å². The van der Waals surface area contributed by atoms with Gasteiger partial charge in [0.15, 0.2) is 0 Å². The van der Waals surface area contributed by atoms with Crippen LogP contribution < -0.4 is 0 Å². The van der Waals surface area contributed by atoms with Crippen LogP contribution in [-0.4, -0.2) is 28.0 Å². The number of aromatic nitrogens is 3. The first-order chi connectivity index (χ1) is 7.22. The van der Waals surface area contributed by atoms with Gasteiger partial charge in [0, 0.05) is 6.61 Å². The van der Waals surface area contributed by atoms with E-state index in [-0.39, 0.29) is 5.82 Å². The van der Waals surface area contributed by atoms with Crippen LogP contribution in [0.25, 0.3) is 0 Å². The van der Waals surface area contributed by atoms with Gasteiger partial charge in [-0.2, -0.15) is 5.26 Å². The number of nitrogens with zero attached hydrogens (tertiary/aromatic N) is 4. The molecule has 1 heterocycles. The predicted molar refractivity (Wildman–Crippen MR) is 55.0 cm³/mol. The number of ether oxygens (including phenoxy) is 1. The van der Waals surface area contributed by atoms with E-state index in [0.29, 0.717) is 19.1 Å². The first-order valence-electron chi connectivity index (χ1n) is 5.09. The number of rotatable bonds is 6. The molecule has 15 heavy (non-hydrogen) atoms. The summed E-state index contributed by atoms with van der Waals surface area (Å²) in [7, 11) is 0. The summed E-state index contributed by atoms with van der Waals surface area (Å²) in [6.07, 6.45) is 2.62. The zero-order valence-corrected chi connectivity index (χ0v) is 9.18. The summed E-state index contributed by atoms with van der Waals surface area (Å²) in [5, 5.41) is 12.4. The molecule has 0 bridgehead atoms. The normalized spacial score (nSPS) is 10.5. The second kappa shape index (κ2) is 6.14. The van der Waals surface area contributed by atoms with E-state index in [1.165, 1.54) is 0 Å². The van der Waals surface area contributed by atoms with Crippen molar-refractivity contribution < 1.29 is 4.74 Å². The standard InChI is InChI=1S/C10H16N4O/c1-9(2)3-5-15-6-4-14-8-12-10(7-11)13-14/h8-9H,3-6H2,1-2H3. The van der Waals surface area contributed by atoms with Gasteiger partial charge >= 0.3 is 0 Å². The summed E-state index contributed by atoms with van der Waals surface area (Å²) >= 11 is 0. The average Bonchev–Trinajstić information content (AvgIpc) is 2.65. The topological polar surface area (TPSA) is 63.7 Å². The third-order valence-corrected chi connectivity index (χ3v) is 1.94. The average molecular weight is 208 g/mol. The van der Waals surface area contributed by atoms with Crippen LogP contribution in [0.5, 0.6) is 0 Å². The summed E-state index contributed by atoms with van der Waals surface area (Å²) in [5.41, 5.74) is 0. The summed E-state index contributed by atoms with van der Waals surface area (Å²) in [6, 6.07) is 1.88. The smallest absolute Gasteiger partial charge is 0.252 e. The Morgan fingerprint density at radius 3 is 2.93 bits per heavy atom. The van der Waals surface area contributed by atoms with Crippen molar-refractivity contribution in [1.82, 2.24) is 14.8 Å². The van der Waals surface area contributed by atoms with Gasteiger partial charge in [0.25, 0.3) is 5.82 Å². The van der Waals surface area contributed by atoms with Crippen molar-refractivity contribution in [2.24, 2.45) is 5.92 Å². The Kier molecular flexibility index (Phi) is 4.78. The summed E-state index contributed by atoms with van der Waals surface area (Å²) < 4.78 is 7.04. The fourth-order valence-corrected chi connectivity index (χ4v) is 1.03. The molecule has 0 aromatic carbocycles. The number of hydrogen-bond donors (Lipinski definition) is 0. The molecule has 0 atom stereocenters. The van der Waals surface area contributed by atoms with Crippen LogP contribution in [-0.2, 0) is 11.3 Å². The Labute approximate surface area is 89.7 Å². The van der Waals surface area contributed by atoms with Crippen molar-refractivity contribution in [1.29, 1.82) is 5.26 Å². The molecule has 0 fully saturated rings. The molecule has 0 saturated heterocycles. The quantitative estimate of drug-likeness (QED) is 0.659. The molecule has 82 valence electrons. The molecule has 1 aromatic heterocycles. The molecule has 0 spiro atoms. The Balaban J connectivity index is 2.13. The minimum Gasteiger partial charge on any atom is -0.380 e. The second-order valence-electron chi connectivity index (χ2n) is 3.74. The lowest BCUT2D eigenvalue weighted by Gasteiger charge is -2.05. The van der Waals surface area contributed by atoms with E-state index < -0.39 is 0 Å². The van der Waals surface area contributed by atoms with Crippen molar-refractivity contribution in [2.75, 3.05) is 13.2 Å². The minimum absolute atomic E-state index is 0.206. The largest absolute Gasteiger partial charge is 0.380 e. The van der Waals surface area contributed by atoms with E-state index >= 15 is 0 Å². The molecule has 1 aromatic rings. The maximum absolute atomic E-state index is 8.50. The molecule has 5 nitrogen and oxygen atoms in total. The zero-order chi connectivity index (χ0) is 11.1. The van der Waals surface area contributed by atoms with Gasteiger partial charge in [-0.05, 0) is 12.3 Å². The van der Waals surface area contributed by atoms with E-state index in [1.807, 2.05) is 6.07 Å². The third kappa shape index (κ3) is 4.56. The van der Waals surface area contributed by atoms with Crippen molar-refractivity contribution >= 4 is 0 Å². The number of nitriles is 1. The lowest BCUT2D eigenvalue weighted by atomic mass is 10.1. The van der Waals surface area contributed by atoms with Gasteiger partial charge in [-0.15, -0.1) is 5.10 Å². The Morgan fingerprint density at radius 1 is 1.53 bits per heavy atom. The molecule has 0 saturated carbocycles. The van der Waals surface area contributed by atoms with Crippen LogP contribution in [0.1, 0.15) is 26.1 Å². The van der Waals surface area contributed by atoms with Gasteiger partial charge in [0.2, 0.25) is 0 Å². The van der Waals surface area contributed by atoms with Gasteiger partial charge in [0.05, 0.1) is 13.2 Å². The van der Waals surface area contributed by atoms with E-state index in [1.54, 1.807) is 11.0 Å². The highest BCUT2D eigenvalue weighted by molar-refractivity contribution is 5.05. The second-order valence-corrected chi connectivity index (χ2v) is 3.74. The van der Waals surface area contributed by atoms with Gasteiger partial charge in [-0.25, -0.2) is 9.67 Å². The van der Waals surface area contributed by atoms with E-state index in [4.69, 9.17) is 10.00 Å². The SMILES string of the molecule is CC(C)CCOCCn1cnc(C#N)n1. The zero-order valence-electron chi connectivity index (χ0n) is 9.18. The number of hydrogen-bond acceptors (Lipinski definition) is 4. The molecular formula is C10H16N4O. The summed E-state index contributed by atoms with van der Waals surface area (Å²) in [6.45, 7) is 6.37. The molecular weight excluding hydrogens is 192 g/mol. The molecule has 0 unspecified atom stereocenters. The Morgan fingerprint density at radius 2 is 2.33 bits per heavy atom. The van der Waals surface area contributed by atoms with Crippen molar-refractivity contribution in [3.63, 3.8) is 0 Å². The molecule has 0 aliphatic heterocycles. The molecule has 0 aliphatic carbocycles. The molecule has 1 rings (SSSR count). The minimum atomic E-state index is 0.206. The van der Waals surface area contributed by atoms with Crippen LogP contribution in [0.4, 0.5) is 0 Å². The maximum Gasteiger partial charge on any atom is 0.252 e. The highest BCUT2D eigenvalue weighted by Gasteiger charge is 1.98. The fourth-order valence-electron chi connectivity index (χ4n) is 1.03. The highest BCUT2D eigenvalue weighted by Crippen LogP contribution is 1.98. The fraction of sp³-hybridized carbons (Fsp3) is 0.700. The van der Waals surface area contributed by atoms with Gasteiger partial charge < -0.3 is 4.74 Å².